The largest absolute Gasteiger partial charge is 0.451 e. The van der Waals surface area contributed by atoms with Crippen LogP contribution < -0.4 is 10.0 Å². The molecule has 0 fully saturated rings. The van der Waals surface area contributed by atoms with E-state index in [2.05, 4.69) is 15.0 Å². The Balaban J connectivity index is 1.61. The molecule has 7 heteroatoms. The summed E-state index contributed by atoms with van der Waals surface area (Å²) in [5.41, 5.74) is 1.53. The number of furan rings is 1. The average molecular weight is 327 g/mol. The number of nitrogens with zero attached hydrogens (tertiary/aromatic N) is 1. The van der Waals surface area contributed by atoms with Gasteiger partial charge in [-0.3, -0.25) is 14.8 Å². The third-order valence-corrected chi connectivity index (χ3v) is 3.99. The lowest BCUT2D eigenvalue weighted by atomic mass is 10.2. The molecular weight excluding hydrogens is 314 g/mol. The zero-order valence-corrected chi connectivity index (χ0v) is 13.0. The van der Waals surface area contributed by atoms with Crippen molar-refractivity contribution in [3.8, 4) is 0 Å². The highest BCUT2D eigenvalue weighted by atomic mass is 32.2. The lowest BCUT2D eigenvalue weighted by Gasteiger charge is -2.05. The smallest absolute Gasteiger partial charge is 0.332 e. The van der Waals surface area contributed by atoms with E-state index in [-0.39, 0.29) is 5.76 Å². The van der Waals surface area contributed by atoms with Crippen LogP contribution in [-0.2, 0) is 0 Å². The summed E-state index contributed by atoms with van der Waals surface area (Å²) in [6.07, 6.45) is 1.63. The number of fused-ring (bicyclic) bond motifs is 1. The zero-order valence-electron chi connectivity index (χ0n) is 12.2. The fraction of sp³-hybridized carbons (Fsp3) is 0.0625. The van der Waals surface area contributed by atoms with Gasteiger partial charge in [0.2, 0.25) is 0 Å². The minimum Gasteiger partial charge on any atom is -0.451 e. The Labute approximate surface area is 136 Å². The van der Waals surface area contributed by atoms with Crippen LogP contribution in [0.3, 0.4) is 0 Å². The van der Waals surface area contributed by atoms with Crippen LogP contribution in [0.25, 0.3) is 11.0 Å². The van der Waals surface area contributed by atoms with E-state index in [9.17, 15) is 9.59 Å². The summed E-state index contributed by atoms with van der Waals surface area (Å²) in [7, 11) is 0. The summed E-state index contributed by atoms with van der Waals surface area (Å²) in [6.45, 7) is 1.88. The van der Waals surface area contributed by atoms with Gasteiger partial charge in [0.25, 0.3) is 5.91 Å². The topological polar surface area (TPSA) is 84.2 Å². The summed E-state index contributed by atoms with van der Waals surface area (Å²) in [6, 6.07) is 11.9. The van der Waals surface area contributed by atoms with Crippen LogP contribution in [0, 0.1) is 6.92 Å². The zero-order chi connectivity index (χ0) is 16.2. The van der Waals surface area contributed by atoms with Gasteiger partial charge < -0.3 is 4.42 Å². The molecule has 1 aromatic carbocycles. The van der Waals surface area contributed by atoms with E-state index in [0.29, 0.717) is 10.6 Å². The van der Waals surface area contributed by atoms with Crippen LogP contribution in [-0.4, -0.2) is 16.9 Å². The fourth-order valence-electron chi connectivity index (χ4n) is 1.96. The fourth-order valence-corrected chi connectivity index (χ4v) is 2.54. The van der Waals surface area contributed by atoms with Crippen LogP contribution >= 0.6 is 11.9 Å². The number of para-hydroxylation sites is 1. The molecule has 0 aliphatic carbocycles. The summed E-state index contributed by atoms with van der Waals surface area (Å²) < 4.78 is 7.92. The number of aryl methyl sites for hydroxylation is 1. The molecule has 3 aromatic rings. The Morgan fingerprint density at radius 2 is 2.00 bits per heavy atom. The van der Waals surface area contributed by atoms with Gasteiger partial charge in [-0.05, 0) is 30.7 Å². The standard InChI is InChI=1S/C16H13N3O3S/c1-10-5-4-8-17-15(10)23-19-16(21)18-14(20)13-9-11-6-2-3-7-12(11)22-13/h2-9H,1H3,(H2,18,19,20,21). The number of urea groups is 1. The molecule has 2 aromatic heterocycles. The lowest BCUT2D eigenvalue weighted by Crippen LogP contribution is -2.36. The van der Waals surface area contributed by atoms with Crippen molar-refractivity contribution in [2.45, 2.75) is 11.9 Å². The summed E-state index contributed by atoms with van der Waals surface area (Å²) in [4.78, 5) is 27.9. The van der Waals surface area contributed by atoms with E-state index >= 15 is 0 Å². The van der Waals surface area contributed by atoms with Crippen molar-refractivity contribution in [3.05, 3.63) is 60.0 Å². The molecule has 0 saturated carbocycles. The van der Waals surface area contributed by atoms with Gasteiger partial charge >= 0.3 is 6.03 Å². The van der Waals surface area contributed by atoms with Crippen LogP contribution in [0.15, 0.2) is 58.1 Å². The maximum atomic E-state index is 12.0. The second-order valence-corrected chi connectivity index (χ2v) is 5.56. The molecule has 0 aliphatic heterocycles. The monoisotopic (exact) mass is 327 g/mol. The number of rotatable bonds is 3. The molecule has 0 aliphatic rings. The van der Waals surface area contributed by atoms with Crippen molar-refractivity contribution < 1.29 is 14.0 Å². The van der Waals surface area contributed by atoms with Crippen LogP contribution in [0.5, 0.6) is 0 Å². The summed E-state index contributed by atoms with van der Waals surface area (Å²) in [5.74, 6) is -0.516. The highest BCUT2D eigenvalue weighted by molar-refractivity contribution is 7.97. The van der Waals surface area contributed by atoms with E-state index in [1.807, 2.05) is 37.3 Å². The Morgan fingerprint density at radius 1 is 1.17 bits per heavy atom. The number of imide groups is 1. The number of pyridine rings is 1. The number of hydrogen-bond donors (Lipinski definition) is 2. The molecule has 0 spiro atoms. The Bertz CT molecular complexity index is 843. The SMILES string of the molecule is Cc1cccnc1SNC(=O)NC(=O)c1cc2ccccc2o1. The van der Waals surface area contributed by atoms with Crippen LogP contribution in [0.2, 0.25) is 0 Å². The third-order valence-electron chi connectivity index (χ3n) is 3.08. The van der Waals surface area contributed by atoms with Crippen molar-refractivity contribution in [3.63, 3.8) is 0 Å². The molecule has 116 valence electrons. The first-order valence-electron chi connectivity index (χ1n) is 6.82. The molecule has 0 radical (unpaired) electrons. The number of amides is 3. The van der Waals surface area contributed by atoms with Crippen molar-refractivity contribution >= 4 is 34.9 Å². The maximum absolute atomic E-state index is 12.0. The van der Waals surface area contributed by atoms with Gasteiger partial charge in [-0.1, -0.05) is 24.3 Å². The van der Waals surface area contributed by atoms with E-state index in [0.717, 1.165) is 22.9 Å². The lowest BCUT2D eigenvalue weighted by molar-refractivity contribution is 0.0940. The van der Waals surface area contributed by atoms with Gasteiger partial charge in [-0.15, -0.1) is 0 Å². The van der Waals surface area contributed by atoms with Crippen molar-refractivity contribution in [1.29, 1.82) is 0 Å². The molecule has 2 heterocycles. The van der Waals surface area contributed by atoms with Crippen LogP contribution in [0.4, 0.5) is 4.79 Å². The predicted octanol–water partition coefficient (Wildman–Crippen LogP) is 3.28. The molecule has 2 N–H and O–H groups in total. The Hall–Kier alpha value is -2.80. The highest BCUT2D eigenvalue weighted by Gasteiger charge is 2.15. The van der Waals surface area contributed by atoms with Crippen molar-refractivity contribution in [2.75, 3.05) is 0 Å². The number of benzene rings is 1. The number of hydrogen-bond acceptors (Lipinski definition) is 5. The number of nitrogens with one attached hydrogen (secondary N) is 2. The van der Waals surface area contributed by atoms with Gasteiger partial charge in [0.1, 0.15) is 10.6 Å². The second-order valence-electron chi connectivity index (χ2n) is 4.76. The molecule has 0 atom stereocenters. The normalized spacial score (nSPS) is 10.5. The molecule has 3 rings (SSSR count). The molecule has 3 amide bonds. The van der Waals surface area contributed by atoms with Crippen LogP contribution in [0.1, 0.15) is 16.1 Å². The second kappa shape index (κ2) is 6.53. The van der Waals surface area contributed by atoms with Crippen molar-refractivity contribution in [1.82, 2.24) is 15.0 Å². The van der Waals surface area contributed by atoms with Gasteiger partial charge in [0.05, 0.1) is 0 Å². The first kappa shape index (κ1) is 15.1. The molecule has 0 unspecified atom stereocenters. The quantitative estimate of drug-likeness (QED) is 0.721. The highest BCUT2D eigenvalue weighted by Crippen LogP contribution is 2.19. The minimum absolute atomic E-state index is 0.0837. The van der Waals surface area contributed by atoms with E-state index in [1.54, 1.807) is 18.3 Å². The minimum atomic E-state index is -0.634. The average Bonchev–Trinajstić information content (AvgIpc) is 2.98. The Morgan fingerprint density at radius 3 is 2.78 bits per heavy atom. The predicted molar refractivity (Wildman–Crippen MR) is 87.0 cm³/mol. The van der Waals surface area contributed by atoms with E-state index < -0.39 is 11.9 Å². The van der Waals surface area contributed by atoms with Crippen molar-refractivity contribution in [2.24, 2.45) is 0 Å². The number of carbonyl (C=O) groups is 2. The van der Waals surface area contributed by atoms with Gasteiger partial charge in [-0.2, -0.15) is 0 Å². The van der Waals surface area contributed by atoms with Gasteiger partial charge in [0, 0.05) is 23.5 Å². The Kier molecular flexibility index (Phi) is 4.29. The molecule has 0 saturated heterocycles. The third kappa shape index (κ3) is 3.51. The first-order valence-corrected chi connectivity index (χ1v) is 7.63. The van der Waals surface area contributed by atoms with E-state index in [4.69, 9.17) is 4.42 Å². The molecule has 6 nitrogen and oxygen atoms in total. The number of carbonyl (C=O) groups excluding carboxylic acids is 2. The molecule has 0 bridgehead atoms. The van der Waals surface area contributed by atoms with Gasteiger partial charge in [-0.25, -0.2) is 9.78 Å². The summed E-state index contributed by atoms with van der Waals surface area (Å²) >= 11 is 1.04. The van der Waals surface area contributed by atoms with Gasteiger partial charge in [0.15, 0.2) is 5.76 Å². The molecule has 23 heavy (non-hydrogen) atoms. The number of aromatic nitrogens is 1. The molecular formula is C16H13N3O3S. The van der Waals surface area contributed by atoms with E-state index in [1.165, 1.54) is 0 Å². The summed E-state index contributed by atoms with van der Waals surface area (Å²) in [5, 5.41) is 3.68. The first-order chi connectivity index (χ1) is 11.1. The maximum Gasteiger partial charge on any atom is 0.332 e.